The van der Waals surface area contributed by atoms with Gasteiger partial charge in [0.15, 0.2) is 5.96 Å². The van der Waals surface area contributed by atoms with Crippen molar-refractivity contribution >= 4 is 5.96 Å². The maximum absolute atomic E-state index is 5.52. The fourth-order valence-electron chi connectivity index (χ4n) is 3.98. The van der Waals surface area contributed by atoms with E-state index in [0.29, 0.717) is 12.1 Å². The lowest BCUT2D eigenvalue weighted by Crippen LogP contribution is -2.47. The van der Waals surface area contributed by atoms with Crippen LogP contribution in [0, 0.1) is 0 Å². The number of ether oxygens (including phenoxy) is 2. The van der Waals surface area contributed by atoms with Crippen molar-refractivity contribution in [2.75, 3.05) is 78.8 Å². The van der Waals surface area contributed by atoms with E-state index in [1.165, 1.54) is 6.42 Å². The number of hydrogen-bond acceptors (Lipinski definition) is 5. The molecule has 0 aromatic carbocycles. The highest BCUT2D eigenvalue weighted by Gasteiger charge is 2.30. The highest BCUT2D eigenvalue weighted by atomic mass is 16.5. The van der Waals surface area contributed by atoms with Crippen LogP contribution in [0.1, 0.15) is 20.3 Å². The molecule has 0 spiro atoms. The van der Waals surface area contributed by atoms with Crippen LogP contribution in [0.15, 0.2) is 4.99 Å². The Hall–Kier alpha value is -0.890. The Bertz CT molecular complexity index is 428. The van der Waals surface area contributed by atoms with Gasteiger partial charge in [0, 0.05) is 57.9 Å². The van der Waals surface area contributed by atoms with Crippen LogP contribution < -0.4 is 5.32 Å². The van der Waals surface area contributed by atoms with Gasteiger partial charge in [-0.1, -0.05) is 0 Å². The Kier molecular flexibility index (Phi) is 7.34. The Labute approximate surface area is 152 Å². The molecule has 0 amide bonds. The second-order valence-corrected chi connectivity index (χ2v) is 7.23. The van der Waals surface area contributed by atoms with Crippen LogP contribution in [0.3, 0.4) is 0 Å². The topological polar surface area (TPSA) is 52.6 Å². The predicted molar refractivity (Wildman–Crippen MR) is 100 cm³/mol. The average molecular weight is 354 g/mol. The number of guanidine groups is 1. The first-order valence-corrected chi connectivity index (χ1v) is 9.94. The quantitative estimate of drug-likeness (QED) is 0.558. The van der Waals surface area contributed by atoms with Gasteiger partial charge in [-0.15, -0.1) is 0 Å². The first kappa shape index (κ1) is 18.9. The minimum atomic E-state index is 0.504. The van der Waals surface area contributed by atoms with E-state index in [1.807, 2.05) is 0 Å². The third-order valence-corrected chi connectivity index (χ3v) is 5.51. The molecule has 0 aliphatic carbocycles. The zero-order valence-electron chi connectivity index (χ0n) is 16.0. The van der Waals surface area contributed by atoms with Crippen LogP contribution in [-0.4, -0.2) is 112 Å². The lowest BCUT2D eigenvalue weighted by atomic mass is 10.2. The molecule has 3 saturated heterocycles. The van der Waals surface area contributed by atoms with Gasteiger partial charge in [0.1, 0.15) is 0 Å². The number of nitrogens with one attached hydrogen (secondary N) is 1. The molecule has 25 heavy (non-hydrogen) atoms. The third-order valence-electron chi connectivity index (χ3n) is 5.51. The van der Waals surface area contributed by atoms with Crippen molar-refractivity contribution in [2.24, 2.45) is 4.99 Å². The number of morpholine rings is 2. The lowest BCUT2D eigenvalue weighted by Gasteiger charge is -2.33. The molecule has 0 bridgehead atoms. The van der Waals surface area contributed by atoms with Crippen LogP contribution in [-0.2, 0) is 9.47 Å². The zero-order valence-corrected chi connectivity index (χ0v) is 16.0. The van der Waals surface area contributed by atoms with Crippen LogP contribution in [0.2, 0.25) is 0 Å². The second kappa shape index (κ2) is 9.71. The van der Waals surface area contributed by atoms with E-state index in [0.717, 1.165) is 84.7 Å². The molecular weight excluding hydrogens is 318 g/mol. The van der Waals surface area contributed by atoms with Crippen molar-refractivity contribution in [3.63, 3.8) is 0 Å². The Morgan fingerprint density at radius 2 is 1.92 bits per heavy atom. The summed E-state index contributed by atoms with van der Waals surface area (Å²) in [5.41, 5.74) is 0. The van der Waals surface area contributed by atoms with Crippen molar-refractivity contribution in [3.05, 3.63) is 0 Å². The SMILES string of the molecule is CCNC(=NCCN1CCOCC1C)N1CCC(N2CCOCC2)C1. The molecule has 0 saturated carbocycles. The molecule has 2 atom stereocenters. The standard InChI is InChI=1S/C18H35N5O2/c1-3-19-18(20-5-7-21-8-13-25-15-16(21)2)23-6-4-17(14-23)22-9-11-24-12-10-22/h16-17H,3-15H2,1-2H3,(H,19,20). The van der Waals surface area contributed by atoms with Crippen LogP contribution in [0.4, 0.5) is 0 Å². The van der Waals surface area contributed by atoms with Gasteiger partial charge in [-0.05, 0) is 20.3 Å². The largest absolute Gasteiger partial charge is 0.379 e. The first-order valence-electron chi connectivity index (χ1n) is 9.94. The van der Waals surface area contributed by atoms with Crippen LogP contribution in [0.25, 0.3) is 0 Å². The molecule has 7 heteroatoms. The fraction of sp³-hybridized carbons (Fsp3) is 0.944. The van der Waals surface area contributed by atoms with Gasteiger partial charge in [-0.2, -0.15) is 0 Å². The molecule has 2 unspecified atom stereocenters. The first-order chi connectivity index (χ1) is 12.3. The van der Waals surface area contributed by atoms with E-state index >= 15 is 0 Å². The minimum absolute atomic E-state index is 0.504. The van der Waals surface area contributed by atoms with Gasteiger partial charge < -0.3 is 19.7 Å². The lowest BCUT2D eigenvalue weighted by molar-refractivity contribution is 0.00139. The van der Waals surface area contributed by atoms with E-state index in [-0.39, 0.29) is 0 Å². The monoisotopic (exact) mass is 353 g/mol. The molecule has 0 radical (unpaired) electrons. The van der Waals surface area contributed by atoms with Crippen molar-refractivity contribution in [1.82, 2.24) is 20.0 Å². The molecule has 0 aromatic heterocycles. The second-order valence-electron chi connectivity index (χ2n) is 7.23. The van der Waals surface area contributed by atoms with E-state index in [9.17, 15) is 0 Å². The smallest absolute Gasteiger partial charge is 0.194 e. The Morgan fingerprint density at radius 3 is 2.68 bits per heavy atom. The summed E-state index contributed by atoms with van der Waals surface area (Å²) in [5.74, 6) is 1.08. The summed E-state index contributed by atoms with van der Waals surface area (Å²) in [7, 11) is 0. The van der Waals surface area contributed by atoms with Gasteiger partial charge in [-0.3, -0.25) is 14.8 Å². The molecule has 3 aliphatic rings. The number of nitrogens with zero attached hydrogens (tertiary/aromatic N) is 4. The average Bonchev–Trinajstić information content (AvgIpc) is 3.13. The summed E-state index contributed by atoms with van der Waals surface area (Å²) in [6.07, 6.45) is 1.23. The molecule has 3 aliphatic heterocycles. The number of likely N-dealkylation sites (tertiary alicyclic amines) is 1. The number of rotatable bonds is 5. The summed E-state index contributed by atoms with van der Waals surface area (Å²) in [6.45, 7) is 16.0. The maximum Gasteiger partial charge on any atom is 0.194 e. The van der Waals surface area contributed by atoms with Gasteiger partial charge in [0.2, 0.25) is 0 Å². The van der Waals surface area contributed by atoms with E-state index < -0.39 is 0 Å². The van der Waals surface area contributed by atoms with Crippen molar-refractivity contribution in [3.8, 4) is 0 Å². The maximum atomic E-state index is 5.52. The van der Waals surface area contributed by atoms with E-state index in [2.05, 4.69) is 33.9 Å². The van der Waals surface area contributed by atoms with Crippen LogP contribution >= 0.6 is 0 Å². The summed E-state index contributed by atoms with van der Waals surface area (Å²) in [4.78, 5) is 12.4. The molecule has 144 valence electrons. The summed E-state index contributed by atoms with van der Waals surface area (Å²) in [5, 5.41) is 3.49. The minimum Gasteiger partial charge on any atom is -0.379 e. The highest BCUT2D eigenvalue weighted by molar-refractivity contribution is 5.80. The van der Waals surface area contributed by atoms with Gasteiger partial charge in [-0.25, -0.2) is 0 Å². The van der Waals surface area contributed by atoms with Gasteiger partial charge in [0.05, 0.1) is 33.0 Å². The summed E-state index contributed by atoms with van der Waals surface area (Å²) < 4.78 is 11.0. The summed E-state index contributed by atoms with van der Waals surface area (Å²) in [6, 6.07) is 1.15. The summed E-state index contributed by atoms with van der Waals surface area (Å²) >= 11 is 0. The fourth-order valence-corrected chi connectivity index (χ4v) is 3.98. The molecule has 3 heterocycles. The normalized spacial score (nSPS) is 30.0. The molecule has 3 rings (SSSR count). The molecular formula is C18H35N5O2. The van der Waals surface area contributed by atoms with E-state index in [1.54, 1.807) is 0 Å². The number of aliphatic imine (C=N–C) groups is 1. The Morgan fingerprint density at radius 1 is 1.12 bits per heavy atom. The Balaban J connectivity index is 1.49. The molecule has 0 aromatic rings. The van der Waals surface area contributed by atoms with Gasteiger partial charge in [0.25, 0.3) is 0 Å². The molecule has 1 N–H and O–H groups in total. The zero-order chi connectivity index (χ0) is 17.5. The van der Waals surface area contributed by atoms with E-state index in [4.69, 9.17) is 14.5 Å². The molecule has 3 fully saturated rings. The van der Waals surface area contributed by atoms with Crippen molar-refractivity contribution in [1.29, 1.82) is 0 Å². The van der Waals surface area contributed by atoms with Crippen molar-refractivity contribution < 1.29 is 9.47 Å². The third kappa shape index (κ3) is 5.29. The molecule has 7 nitrogen and oxygen atoms in total. The van der Waals surface area contributed by atoms with Crippen LogP contribution in [0.5, 0.6) is 0 Å². The predicted octanol–water partition coefficient (Wildman–Crippen LogP) is 0.0791. The number of hydrogen-bond donors (Lipinski definition) is 1. The van der Waals surface area contributed by atoms with Crippen molar-refractivity contribution in [2.45, 2.75) is 32.4 Å². The highest BCUT2D eigenvalue weighted by Crippen LogP contribution is 2.17. The van der Waals surface area contributed by atoms with Gasteiger partial charge >= 0.3 is 0 Å².